The first-order chi connectivity index (χ1) is 6.99. The van der Waals surface area contributed by atoms with Crippen LogP contribution in [0.1, 0.15) is 19.4 Å². The topological polar surface area (TPSA) is 65.5 Å². The molecule has 1 aromatic rings. The van der Waals surface area contributed by atoms with Gasteiger partial charge < -0.3 is 9.47 Å². The van der Waals surface area contributed by atoms with Gasteiger partial charge in [0, 0.05) is 25.5 Å². The van der Waals surface area contributed by atoms with Crippen LogP contribution in [-0.4, -0.2) is 16.9 Å². The van der Waals surface area contributed by atoms with Crippen LogP contribution in [0.2, 0.25) is 0 Å². The molecule has 0 aromatic carbocycles. The molecule has 0 aliphatic heterocycles. The van der Waals surface area contributed by atoms with Gasteiger partial charge in [-0.25, -0.2) is 0 Å². The van der Waals surface area contributed by atoms with Crippen molar-refractivity contribution >= 4 is 11.9 Å². The number of esters is 2. The van der Waals surface area contributed by atoms with Crippen molar-refractivity contribution in [3.8, 4) is 11.8 Å². The van der Waals surface area contributed by atoms with Gasteiger partial charge in [0.05, 0.1) is 0 Å². The number of carbonyl (C=O) groups excluding carboxylic acids is 2. The maximum atomic E-state index is 10.7. The molecule has 15 heavy (non-hydrogen) atoms. The molecule has 0 unspecified atom stereocenters. The predicted molar refractivity (Wildman–Crippen MR) is 51.6 cm³/mol. The Bertz CT molecular complexity index is 400. The third-order valence-electron chi connectivity index (χ3n) is 1.51. The zero-order chi connectivity index (χ0) is 11.4. The zero-order valence-corrected chi connectivity index (χ0v) is 8.73. The van der Waals surface area contributed by atoms with Gasteiger partial charge in [-0.15, -0.1) is 0 Å². The average Bonchev–Trinajstić information content (AvgIpc) is 2.09. The van der Waals surface area contributed by atoms with Crippen molar-refractivity contribution in [3.63, 3.8) is 0 Å². The van der Waals surface area contributed by atoms with Crippen LogP contribution < -0.4 is 9.47 Å². The molecule has 0 aliphatic rings. The SMILES string of the molecule is CC(=O)Oc1ccc(C)c(OC(C)=O)n1. The van der Waals surface area contributed by atoms with Crippen LogP contribution in [0.4, 0.5) is 0 Å². The van der Waals surface area contributed by atoms with Crippen LogP contribution in [-0.2, 0) is 9.59 Å². The first-order valence-corrected chi connectivity index (χ1v) is 4.33. The number of hydrogen-bond donors (Lipinski definition) is 0. The molecular formula is C10H11NO4. The molecule has 1 aromatic heterocycles. The fourth-order valence-corrected chi connectivity index (χ4v) is 0.937. The third kappa shape index (κ3) is 3.38. The molecule has 0 amide bonds. The first-order valence-electron chi connectivity index (χ1n) is 4.33. The summed E-state index contributed by atoms with van der Waals surface area (Å²) < 4.78 is 9.58. The quantitative estimate of drug-likeness (QED) is 0.685. The number of carbonyl (C=O) groups is 2. The molecule has 0 bridgehead atoms. The number of hydrogen-bond acceptors (Lipinski definition) is 5. The smallest absolute Gasteiger partial charge is 0.309 e. The van der Waals surface area contributed by atoms with E-state index in [1.807, 2.05) is 0 Å². The van der Waals surface area contributed by atoms with Crippen molar-refractivity contribution in [2.75, 3.05) is 0 Å². The van der Waals surface area contributed by atoms with Crippen molar-refractivity contribution in [2.45, 2.75) is 20.8 Å². The standard InChI is InChI=1S/C10H11NO4/c1-6-4-5-9(14-7(2)12)11-10(6)15-8(3)13/h4-5H,1-3H3. The van der Waals surface area contributed by atoms with E-state index in [1.54, 1.807) is 13.0 Å². The highest BCUT2D eigenvalue weighted by molar-refractivity contribution is 5.70. The van der Waals surface area contributed by atoms with Crippen molar-refractivity contribution in [2.24, 2.45) is 0 Å². The Balaban J connectivity index is 2.94. The van der Waals surface area contributed by atoms with Crippen molar-refractivity contribution in [1.82, 2.24) is 4.98 Å². The maximum absolute atomic E-state index is 10.7. The second-order valence-corrected chi connectivity index (χ2v) is 2.96. The zero-order valence-electron chi connectivity index (χ0n) is 8.73. The molecule has 0 radical (unpaired) electrons. The summed E-state index contributed by atoms with van der Waals surface area (Å²) in [5.74, 6) is -0.670. The highest BCUT2D eigenvalue weighted by Gasteiger charge is 2.07. The lowest BCUT2D eigenvalue weighted by atomic mass is 10.3. The van der Waals surface area contributed by atoms with Gasteiger partial charge in [0.25, 0.3) is 0 Å². The van der Waals surface area contributed by atoms with Gasteiger partial charge in [0.15, 0.2) is 0 Å². The molecule has 1 rings (SSSR count). The van der Waals surface area contributed by atoms with E-state index in [0.29, 0.717) is 5.56 Å². The van der Waals surface area contributed by atoms with Crippen LogP contribution in [0, 0.1) is 6.92 Å². The van der Waals surface area contributed by atoms with E-state index in [-0.39, 0.29) is 11.8 Å². The highest BCUT2D eigenvalue weighted by atomic mass is 16.6. The third-order valence-corrected chi connectivity index (χ3v) is 1.51. The summed E-state index contributed by atoms with van der Waals surface area (Å²) in [6.45, 7) is 4.29. The molecule has 0 saturated carbocycles. The van der Waals surface area contributed by atoms with E-state index in [1.165, 1.54) is 19.9 Å². The van der Waals surface area contributed by atoms with E-state index in [9.17, 15) is 9.59 Å². The summed E-state index contributed by atoms with van der Waals surface area (Å²) in [6, 6.07) is 3.19. The Morgan fingerprint density at radius 2 is 1.73 bits per heavy atom. The second kappa shape index (κ2) is 4.54. The first kappa shape index (κ1) is 11.2. The molecule has 1 heterocycles. The lowest BCUT2D eigenvalue weighted by Crippen LogP contribution is -2.07. The van der Waals surface area contributed by atoms with Gasteiger partial charge in [-0.2, -0.15) is 4.98 Å². The summed E-state index contributed by atoms with van der Waals surface area (Å²) >= 11 is 0. The van der Waals surface area contributed by atoms with Crippen LogP contribution in [0.3, 0.4) is 0 Å². The summed E-state index contributed by atoms with van der Waals surface area (Å²) in [6.07, 6.45) is 0. The number of rotatable bonds is 2. The normalized spacial score (nSPS) is 9.53. The van der Waals surface area contributed by atoms with E-state index in [2.05, 4.69) is 4.98 Å². The van der Waals surface area contributed by atoms with E-state index < -0.39 is 11.9 Å². The highest BCUT2D eigenvalue weighted by Crippen LogP contribution is 2.19. The van der Waals surface area contributed by atoms with Gasteiger partial charge in [0.2, 0.25) is 11.8 Å². The van der Waals surface area contributed by atoms with Crippen LogP contribution in [0.15, 0.2) is 12.1 Å². The molecule has 0 saturated heterocycles. The average molecular weight is 209 g/mol. The molecule has 0 aliphatic carbocycles. The minimum atomic E-state index is -0.472. The van der Waals surface area contributed by atoms with E-state index in [4.69, 9.17) is 9.47 Å². The Morgan fingerprint density at radius 3 is 2.27 bits per heavy atom. The monoisotopic (exact) mass is 209 g/mol. The molecule has 80 valence electrons. The molecule has 0 N–H and O–H groups in total. The Labute approximate surface area is 87.0 Å². The van der Waals surface area contributed by atoms with E-state index >= 15 is 0 Å². The van der Waals surface area contributed by atoms with Gasteiger partial charge in [0.1, 0.15) is 0 Å². The predicted octanol–water partition coefficient (Wildman–Crippen LogP) is 1.24. The molecule has 5 heteroatoms. The summed E-state index contributed by atoms with van der Waals surface area (Å²) in [7, 11) is 0. The maximum Gasteiger partial charge on any atom is 0.309 e. The molecule has 0 spiro atoms. The van der Waals surface area contributed by atoms with Crippen molar-refractivity contribution < 1.29 is 19.1 Å². The molecule has 0 atom stereocenters. The van der Waals surface area contributed by atoms with Crippen LogP contribution >= 0.6 is 0 Å². The molecule has 5 nitrogen and oxygen atoms in total. The number of ether oxygens (including phenoxy) is 2. The Morgan fingerprint density at radius 1 is 1.13 bits per heavy atom. The summed E-state index contributed by atoms with van der Waals surface area (Å²) in [4.78, 5) is 25.3. The Kier molecular flexibility index (Phi) is 3.38. The lowest BCUT2D eigenvalue weighted by molar-refractivity contribution is -0.132. The fourth-order valence-electron chi connectivity index (χ4n) is 0.937. The summed E-state index contributed by atoms with van der Waals surface area (Å²) in [5.41, 5.74) is 0.695. The number of aromatic nitrogens is 1. The van der Waals surface area contributed by atoms with Crippen LogP contribution in [0.5, 0.6) is 11.8 Å². The molecular weight excluding hydrogens is 198 g/mol. The summed E-state index contributed by atoms with van der Waals surface area (Å²) in [5, 5.41) is 0. The Hall–Kier alpha value is -1.91. The number of aryl methyl sites for hydroxylation is 1. The van der Waals surface area contributed by atoms with Gasteiger partial charge in [-0.1, -0.05) is 0 Å². The van der Waals surface area contributed by atoms with Crippen LogP contribution in [0.25, 0.3) is 0 Å². The lowest BCUT2D eigenvalue weighted by Gasteiger charge is -2.06. The molecule has 0 fully saturated rings. The van der Waals surface area contributed by atoms with Gasteiger partial charge >= 0.3 is 11.9 Å². The van der Waals surface area contributed by atoms with Crippen molar-refractivity contribution in [3.05, 3.63) is 17.7 Å². The second-order valence-electron chi connectivity index (χ2n) is 2.96. The minimum absolute atomic E-state index is 0.115. The van der Waals surface area contributed by atoms with Gasteiger partial charge in [-0.3, -0.25) is 9.59 Å². The van der Waals surface area contributed by atoms with Crippen molar-refractivity contribution in [1.29, 1.82) is 0 Å². The largest absolute Gasteiger partial charge is 0.408 e. The van der Waals surface area contributed by atoms with Gasteiger partial charge in [-0.05, 0) is 13.0 Å². The fraction of sp³-hybridized carbons (Fsp3) is 0.300. The van der Waals surface area contributed by atoms with E-state index in [0.717, 1.165) is 0 Å². The minimum Gasteiger partial charge on any atom is -0.408 e. The number of nitrogens with zero attached hydrogens (tertiary/aromatic N) is 1. The number of pyridine rings is 1.